The molecule has 0 bridgehead atoms. The molecule has 3 aromatic heterocycles. The van der Waals surface area contributed by atoms with Gasteiger partial charge in [-0.3, -0.25) is 4.98 Å². The molecule has 4 aromatic rings. The third kappa shape index (κ3) is 7.77. The van der Waals surface area contributed by atoms with Crippen molar-refractivity contribution >= 4 is 23.4 Å². The van der Waals surface area contributed by atoms with E-state index < -0.39 is 41.3 Å². The number of nitrogens with one attached hydrogen (secondary N) is 3. The largest absolute Gasteiger partial charge is 0.444 e. The van der Waals surface area contributed by atoms with Gasteiger partial charge in [0, 0.05) is 0 Å². The predicted molar refractivity (Wildman–Crippen MR) is 153 cm³/mol. The van der Waals surface area contributed by atoms with Gasteiger partial charge in [0.05, 0.1) is 53.2 Å². The molecule has 1 amide bonds. The van der Waals surface area contributed by atoms with Crippen LogP contribution in [-0.4, -0.2) is 42.7 Å². The number of aromatic nitrogens is 5. The Morgan fingerprint density at radius 1 is 1.07 bits per heavy atom. The number of halogens is 4. The Hall–Kier alpha value is -5.26. The van der Waals surface area contributed by atoms with Crippen LogP contribution in [-0.2, 0) is 10.9 Å². The van der Waals surface area contributed by atoms with Crippen LogP contribution in [0, 0.1) is 24.1 Å². The molecule has 0 aliphatic carbocycles. The van der Waals surface area contributed by atoms with Gasteiger partial charge >= 0.3 is 12.3 Å². The number of pyridine rings is 2. The number of benzene rings is 1. The molecule has 230 valence electrons. The van der Waals surface area contributed by atoms with E-state index in [0.717, 1.165) is 18.2 Å². The molecule has 0 saturated carbocycles. The molecule has 2 atom stereocenters. The summed E-state index contributed by atoms with van der Waals surface area (Å²) in [6, 6.07) is 6.92. The van der Waals surface area contributed by atoms with Gasteiger partial charge in [0.25, 0.3) is 0 Å². The molecule has 3 N–H and O–H groups in total. The van der Waals surface area contributed by atoms with E-state index in [-0.39, 0.29) is 17.2 Å². The molecule has 0 fully saturated rings. The molecule has 0 spiro atoms. The van der Waals surface area contributed by atoms with Crippen LogP contribution >= 0.6 is 0 Å². The molecule has 11 nitrogen and oxygen atoms in total. The van der Waals surface area contributed by atoms with E-state index in [2.05, 4.69) is 36.1 Å². The topological polar surface area (TPSA) is 143 Å². The van der Waals surface area contributed by atoms with Gasteiger partial charge in [-0.25, -0.2) is 14.2 Å². The lowest BCUT2D eigenvalue weighted by molar-refractivity contribution is -0.137. The van der Waals surface area contributed by atoms with Gasteiger partial charge in [0.2, 0.25) is 0 Å². The van der Waals surface area contributed by atoms with Gasteiger partial charge in [-0.15, -0.1) is 4.80 Å². The lowest BCUT2D eigenvalue weighted by Gasteiger charge is -2.29. The lowest BCUT2D eigenvalue weighted by Crippen LogP contribution is -2.42. The number of ether oxygens (including phenoxy) is 1. The second kappa shape index (κ2) is 12.5. The molecule has 44 heavy (non-hydrogen) atoms. The van der Waals surface area contributed by atoms with Crippen LogP contribution in [0.25, 0.3) is 5.69 Å². The third-order valence-corrected chi connectivity index (χ3v) is 6.19. The molecule has 4 rings (SSSR count). The maximum Gasteiger partial charge on any atom is 0.416 e. The van der Waals surface area contributed by atoms with Gasteiger partial charge in [0.15, 0.2) is 17.5 Å². The number of rotatable bonds is 8. The highest BCUT2D eigenvalue weighted by Gasteiger charge is 2.31. The Morgan fingerprint density at radius 3 is 2.32 bits per heavy atom. The van der Waals surface area contributed by atoms with E-state index in [9.17, 15) is 23.2 Å². The number of carbonyl (C=O) groups excluding carboxylic acids is 1. The van der Waals surface area contributed by atoms with Crippen molar-refractivity contribution in [2.45, 2.75) is 58.5 Å². The van der Waals surface area contributed by atoms with E-state index in [0.29, 0.717) is 22.6 Å². The van der Waals surface area contributed by atoms with Crippen LogP contribution in [0.3, 0.4) is 0 Å². The van der Waals surface area contributed by atoms with Gasteiger partial charge in [0.1, 0.15) is 17.4 Å². The number of alkyl carbamates (subject to hydrolysis) is 1. The smallest absolute Gasteiger partial charge is 0.416 e. The number of nitrogens with zero attached hydrogens (tertiary/aromatic N) is 6. The lowest BCUT2D eigenvalue weighted by atomic mass is 9.98. The standard InChI is InChI=1S/C29H29F4N9O2/c1-16-23(42-36-10-11-37-42)13-21(15-35-16)39-25-19(14-34)12-22(30)26(41-25)40-24(17(2)38-27(43)44-28(3,4)5)18-6-8-20(9-7-18)29(31,32)33/h6-13,15,17,24H,1-5H3,(H,38,43)(H2,39,40,41)/t17-,24-/m0/s1. The van der Waals surface area contributed by atoms with E-state index in [4.69, 9.17) is 4.74 Å². The maximum atomic E-state index is 15.3. The first-order valence-corrected chi connectivity index (χ1v) is 13.3. The van der Waals surface area contributed by atoms with Crippen molar-refractivity contribution in [1.82, 2.24) is 30.3 Å². The Kier molecular flexibility index (Phi) is 9.03. The van der Waals surface area contributed by atoms with Crippen LogP contribution in [0.5, 0.6) is 0 Å². The van der Waals surface area contributed by atoms with Crippen molar-refractivity contribution in [3.8, 4) is 11.8 Å². The van der Waals surface area contributed by atoms with Crippen LogP contribution in [0.1, 0.15) is 56.1 Å². The average molecular weight is 612 g/mol. The quantitative estimate of drug-likeness (QED) is 0.198. The zero-order chi connectivity index (χ0) is 32.2. The van der Waals surface area contributed by atoms with Crippen molar-refractivity contribution in [1.29, 1.82) is 5.26 Å². The minimum atomic E-state index is -4.57. The number of carbonyl (C=O) groups is 1. The highest BCUT2D eigenvalue weighted by atomic mass is 19.4. The monoisotopic (exact) mass is 611 g/mol. The predicted octanol–water partition coefficient (Wildman–Crippen LogP) is 6.21. The first-order valence-electron chi connectivity index (χ1n) is 13.3. The Morgan fingerprint density at radius 2 is 1.73 bits per heavy atom. The summed E-state index contributed by atoms with van der Waals surface area (Å²) in [4.78, 5) is 22.5. The summed E-state index contributed by atoms with van der Waals surface area (Å²) in [5, 5.41) is 26.4. The third-order valence-electron chi connectivity index (χ3n) is 6.19. The molecular formula is C29H29F4N9O2. The first kappa shape index (κ1) is 31.7. The maximum absolute atomic E-state index is 15.3. The van der Waals surface area contributed by atoms with Crippen LogP contribution < -0.4 is 16.0 Å². The Bertz CT molecular complexity index is 1660. The number of aryl methyl sites for hydroxylation is 1. The second-order valence-electron chi connectivity index (χ2n) is 10.8. The highest BCUT2D eigenvalue weighted by Crippen LogP contribution is 2.32. The van der Waals surface area contributed by atoms with Crippen LogP contribution in [0.2, 0.25) is 0 Å². The average Bonchev–Trinajstić information content (AvgIpc) is 3.47. The van der Waals surface area contributed by atoms with Gasteiger partial charge in [-0.2, -0.15) is 28.6 Å². The molecule has 0 aliphatic rings. The molecule has 0 saturated heterocycles. The summed E-state index contributed by atoms with van der Waals surface area (Å²) >= 11 is 0. The Balaban J connectivity index is 1.69. The van der Waals surface area contributed by atoms with Gasteiger partial charge < -0.3 is 20.7 Å². The Labute approximate surface area is 250 Å². The number of alkyl halides is 3. The van der Waals surface area contributed by atoms with E-state index in [1.54, 1.807) is 40.7 Å². The van der Waals surface area contributed by atoms with Crippen molar-refractivity contribution in [3.05, 3.63) is 83.2 Å². The SMILES string of the molecule is Cc1ncc(Nc2nc(N[C@H](c3ccc(C(F)(F)F)cc3)[C@H](C)NC(=O)OC(C)(C)C)c(F)cc2C#N)cc1-n1nccn1. The molecule has 0 unspecified atom stereocenters. The van der Waals surface area contributed by atoms with Crippen molar-refractivity contribution < 1.29 is 27.1 Å². The number of nitriles is 1. The van der Waals surface area contributed by atoms with Crippen molar-refractivity contribution in [2.75, 3.05) is 10.6 Å². The molecule has 0 radical (unpaired) electrons. The van der Waals surface area contributed by atoms with Gasteiger partial charge in [-0.1, -0.05) is 12.1 Å². The fourth-order valence-corrected chi connectivity index (χ4v) is 4.14. The summed E-state index contributed by atoms with van der Waals surface area (Å²) in [7, 11) is 0. The minimum absolute atomic E-state index is 0.0275. The summed E-state index contributed by atoms with van der Waals surface area (Å²) < 4.78 is 60.3. The van der Waals surface area contributed by atoms with Crippen molar-refractivity contribution in [3.63, 3.8) is 0 Å². The van der Waals surface area contributed by atoms with Gasteiger partial charge in [-0.05, 0) is 64.4 Å². The molecular weight excluding hydrogens is 582 g/mol. The summed E-state index contributed by atoms with van der Waals surface area (Å²) in [6.07, 6.45) is -0.869. The highest BCUT2D eigenvalue weighted by molar-refractivity contribution is 5.69. The zero-order valence-corrected chi connectivity index (χ0v) is 24.4. The van der Waals surface area contributed by atoms with Crippen LogP contribution in [0.15, 0.2) is 55.0 Å². The van der Waals surface area contributed by atoms with E-state index >= 15 is 4.39 Å². The van der Waals surface area contributed by atoms with Crippen molar-refractivity contribution in [2.24, 2.45) is 0 Å². The number of hydrogen-bond acceptors (Lipinski definition) is 9. The second-order valence-corrected chi connectivity index (χ2v) is 10.8. The normalized spacial score (nSPS) is 13.0. The summed E-state index contributed by atoms with van der Waals surface area (Å²) in [6.45, 7) is 8.35. The van der Waals surface area contributed by atoms with E-state index in [1.807, 2.05) is 6.07 Å². The van der Waals surface area contributed by atoms with E-state index in [1.165, 1.54) is 35.5 Å². The zero-order valence-electron chi connectivity index (χ0n) is 24.4. The number of hydrogen-bond donors (Lipinski definition) is 3. The number of amides is 1. The first-order chi connectivity index (χ1) is 20.6. The fourth-order valence-electron chi connectivity index (χ4n) is 4.14. The fraction of sp³-hybridized carbons (Fsp3) is 0.310. The minimum Gasteiger partial charge on any atom is -0.444 e. The molecule has 15 heteroatoms. The number of anilines is 3. The summed E-state index contributed by atoms with van der Waals surface area (Å²) in [5.41, 5.74) is 0.0257. The molecule has 3 heterocycles. The molecule has 1 aromatic carbocycles. The summed E-state index contributed by atoms with van der Waals surface area (Å²) in [5.74, 6) is -1.26. The molecule has 0 aliphatic heterocycles. The van der Waals surface area contributed by atoms with Crippen LogP contribution in [0.4, 0.5) is 39.7 Å².